The van der Waals surface area contributed by atoms with Gasteiger partial charge in [0.15, 0.2) is 14.1 Å². The van der Waals surface area contributed by atoms with Gasteiger partial charge in [-0.1, -0.05) is 39.0 Å². The summed E-state index contributed by atoms with van der Waals surface area (Å²) < 4.78 is 9.06. The topological polar surface area (TPSA) is 65.4 Å². The van der Waals surface area contributed by atoms with Gasteiger partial charge in [0.25, 0.3) is 0 Å². The third-order valence-electron chi connectivity index (χ3n) is 5.16. The molecule has 0 aliphatic rings. The van der Waals surface area contributed by atoms with Crippen LogP contribution >= 0.6 is 15.9 Å². The van der Waals surface area contributed by atoms with Crippen LogP contribution in [-0.4, -0.2) is 22.9 Å². The Bertz CT molecular complexity index is 946. The van der Waals surface area contributed by atoms with Gasteiger partial charge in [-0.3, -0.25) is 0 Å². The highest BCUT2D eigenvalue weighted by molar-refractivity contribution is 9.10. The second kappa shape index (κ2) is 6.79. The van der Waals surface area contributed by atoms with Crippen molar-refractivity contribution >= 4 is 35.6 Å². The molecule has 0 saturated carbocycles. The number of benzene rings is 1. The van der Waals surface area contributed by atoms with Gasteiger partial charge in [-0.25, -0.2) is 9.50 Å². The van der Waals surface area contributed by atoms with Crippen LogP contribution in [0.3, 0.4) is 0 Å². The van der Waals surface area contributed by atoms with E-state index < -0.39 is 8.32 Å². The van der Waals surface area contributed by atoms with Crippen LogP contribution in [0.2, 0.25) is 18.1 Å². The molecule has 3 rings (SSSR count). The molecule has 0 radical (unpaired) electrons. The molecule has 2 N–H and O–H groups in total. The number of aromatic nitrogens is 3. The Morgan fingerprint density at radius 2 is 1.96 bits per heavy atom. The summed E-state index contributed by atoms with van der Waals surface area (Å²) in [5.74, 6) is 0.454. The maximum absolute atomic E-state index is 6.36. The number of nitrogens with two attached hydrogens (primary N) is 1. The van der Waals surface area contributed by atoms with E-state index >= 15 is 0 Å². The van der Waals surface area contributed by atoms with Gasteiger partial charge in [-0.05, 0) is 51.8 Å². The lowest BCUT2D eigenvalue weighted by Crippen LogP contribution is -2.40. The van der Waals surface area contributed by atoms with Gasteiger partial charge in [0, 0.05) is 10.0 Å². The van der Waals surface area contributed by atoms with Crippen LogP contribution in [-0.2, 0) is 11.0 Å². The van der Waals surface area contributed by atoms with Crippen LogP contribution in [0, 0.1) is 0 Å². The summed E-state index contributed by atoms with van der Waals surface area (Å²) >= 11 is 3.56. The average Bonchev–Trinajstić information content (AvgIpc) is 2.91. The predicted molar refractivity (Wildman–Crippen MR) is 113 cm³/mol. The molecule has 0 unspecified atom stereocenters. The highest BCUT2D eigenvalue weighted by Gasteiger charge is 2.37. The van der Waals surface area contributed by atoms with Gasteiger partial charge >= 0.3 is 0 Å². The number of anilines is 1. The Hall–Kier alpha value is -1.70. The van der Waals surface area contributed by atoms with E-state index in [1.54, 1.807) is 0 Å². The third kappa shape index (κ3) is 3.56. The van der Waals surface area contributed by atoms with Crippen molar-refractivity contribution in [3.8, 4) is 11.3 Å². The van der Waals surface area contributed by atoms with E-state index in [1.165, 1.54) is 6.33 Å². The van der Waals surface area contributed by atoms with Crippen molar-refractivity contribution in [2.75, 3.05) is 5.73 Å². The SMILES string of the molecule is CC(C)(C)[Si](C)(C)OCc1cccc(-c2cc(Br)c3c(N)ncnn23)c1. The smallest absolute Gasteiger partial charge is 0.192 e. The molecule has 0 aliphatic carbocycles. The first-order chi connectivity index (χ1) is 12.1. The minimum atomic E-state index is -1.78. The van der Waals surface area contributed by atoms with Crippen molar-refractivity contribution in [1.29, 1.82) is 0 Å². The van der Waals surface area contributed by atoms with Crippen LogP contribution in [0.5, 0.6) is 0 Å². The zero-order chi connectivity index (χ0) is 19.1. The largest absolute Gasteiger partial charge is 0.413 e. The molecule has 0 saturated heterocycles. The third-order valence-corrected chi connectivity index (χ3v) is 10.2. The van der Waals surface area contributed by atoms with Crippen LogP contribution in [0.4, 0.5) is 5.82 Å². The number of nitrogens with zero attached hydrogens (tertiary/aromatic N) is 3. The molecular weight excluding hydrogens is 408 g/mol. The van der Waals surface area contributed by atoms with Gasteiger partial charge in [-0.2, -0.15) is 5.10 Å². The molecule has 0 bridgehead atoms. The minimum absolute atomic E-state index is 0.196. The Morgan fingerprint density at radius 1 is 1.23 bits per heavy atom. The summed E-state index contributed by atoms with van der Waals surface area (Å²) in [5, 5.41) is 4.55. The van der Waals surface area contributed by atoms with E-state index in [1.807, 2.05) is 10.6 Å². The standard InChI is InChI=1S/C19H25BrN4OSi/c1-19(2,3)26(4,5)25-11-13-7-6-8-14(9-13)16-10-15(20)17-18(21)22-12-23-24(16)17/h6-10,12H,11H2,1-5H3,(H2,21,22,23). The van der Waals surface area contributed by atoms with Crippen LogP contribution in [0.15, 0.2) is 41.1 Å². The van der Waals surface area contributed by atoms with Crippen molar-refractivity contribution in [1.82, 2.24) is 14.6 Å². The first-order valence-corrected chi connectivity index (χ1v) is 12.3. The number of rotatable bonds is 4. The van der Waals surface area contributed by atoms with Crippen molar-refractivity contribution in [2.45, 2.75) is 45.5 Å². The zero-order valence-electron chi connectivity index (χ0n) is 15.9. The van der Waals surface area contributed by atoms with E-state index in [0.717, 1.165) is 26.8 Å². The Morgan fingerprint density at radius 3 is 2.65 bits per heavy atom. The zero-order valence-corrected chi connectivity index (χ0v) is 18.5. The molecule has 0 aliphatic heterocycles. The molecule has 2 heterocycles. The highest BCUT2D eigenvalue weighted by Crippen LogP contribution is 2.37. The van der Waals surface area contributed by atoms with Gasteiger partial charge < -0.3 is 10.2 Å². The normalized spacial score (nSPS) is 12.7. The number of hydrogen-bond donors (Lipinski definition) is 1. The Kier molecular flexibility index (Phi) is 4.98. The Balaban J connectivity index is 1.93. The van der Waals surface area contributed by atoms with Gasteiger partial charge in [0.05, 0.1) is 12.3 Å². The first-order valence-electron chi connectivity index (χ1n) is 8.61. The summed E-state index contributed by atoms with van der Waals surface area (Å²) in [6.07, 6.45) is 1.47. The maximum atomic E-state index is 6.36. The summed E-state index contributed by atoms with van der Waals surface area (Å²) in [6.45, 7) is 11.9. The van der Waals surface area contributed by atoms with Crippen LogP contribution in [0.1, 0.15) is 26.3 Å². The summed E-state index contributed by atoms with van der Waals surface area (Å²) in [6, 6.07) is 10.4. The summed E-state index contributed by atoms with van der Waals surface area (Å²) in [4.78, 5) is 4.07. The number of fused-ring (bicyclic) bond motifs is 1. The molecule has 0 fully saturated rings. The minimum Gasteiger partial charge on any atom is -0.413 e. The molecule has 138 valence electrons. The second-order valence-corrected chi connectivity index (χ2v) is 13.7. The van der Waals surface area contributed by atoms with E-state index in [9.17, 15) is 0 Å². The molecule has 0 amide bonds. The van der Waals surface area contributed by atoms with Crippen molar-refractivity contribution in [3.63, 3.8) is 0 Å². The quantitative estimate of drug-likeness (QED) is 0.570. The molecule has 0 atom stereocenters. The lowest BCUT2D eigenvalue weighted by atomic mass is 10.1. The van der Waals surface area contributed by atoms with Crippen molar-refractivity contribution < 1.29 is 4.43 Å². The fourth-order valence-electron chi connectivity index (χ4n) is 2.53. The van der Waals surface area contributed by atoms with Crippen LogP contribution in [0.25, 0.3) is 16.8 Å². The fraction of sp³-hybridized carbons (Fsp3) is 0.368. The second-order valence-electron chi connectivity index (χ2n) is 8.03. The van der Waals surface area contributed by atoms with Gasteiger partial charge in [-0.15, -0.1) is 0 Å². The van der Waals surface area contributed by atoms with Crippen molar-refractivity contribution in [2.24, 2.45) is 0 Å². The average molecular weight is 433 g/mol. The van der Waals surface area contributed by atoms with E-state index in [-0.39, 0.29) is 5.04 Å². The van der Waals surface area contributed by atoms with Gasteiger partial charge in [0.1, 0.15) is 11.8 Å². The molecule has 26 heavy (non-hydrogen) atoms. The number of hydrogen-bond acceptors (Lipinski definition) is 4. The molecule has 7 heteroatoms. The molecule has 2 aromatic heterocycles. The lowest BCUT2D eigenvalue weighted by Gasteiger charge is -2.36. The van der Waals surface area contributed by atoms with E-state index in [4.69, 9.17) is 10.2 Å². The molecular formula is C19H25BrN4OSi. The van der Waals surface area contributed by atoms with Crippen molar-refractivity contribution in [3.05, 3.63) is 46.7 Å². The molecule has 5 nitrogen and oxygen atoms in total. The molecule has 1 aromatic carbocycles. The van der Waals surface area contributed by atoms with Gasteiger partial charge in [0.2, 0.25) is 0 Å². The fourth-order valence-corrected chi connectivity index (χ4v) is 4.08. The molecule has 0 spiro atoms. The number of halogens is 1. The lowest BCUT2D eigenvalue weighted by molar-refractivity contribution is 0.276. The van der Waals surface area contributed by atoms with E-state index in [0.29, 0.717) is 12.4 Å². The first kappa shape index (κ1) is 19.1. The highest BCUT2D eigenvalue weighted by atomic mass is 79.9. The summed E-state index contributed by atoms with van der Waals surface area (Å²) in [7, 11) is -1.78. The van der Waals surface area contributed by atoms with Crippen LogP contribution < -0.4 is 5.73 Å². The Labute approximate surface area is 163 Å². The maximum Gasteiger partial charge on any atom is 0.192 e. The predicted octanol–water partition coefficient (Wildman–Crippen LogP) is 5.26. The van der Waals surface area contributed by atoms with E-state index in [2.05, 4.69) is 84.1 Å². The summed E-state index contributed by atoms with van der Waals surface area (Å²) in [5.41, 5.74) is 9.97. The monoisotopic (exact) mass is 432 g/mol. The molecule has 3 aromatic rings. The number of nitrogen functional groups attached to an aromatic ring is 1.